The number of hydrogen-bond acceptors (Lipinski definition) is 3. The third-order valence-corrected chi connectivity index (χ3v) is 1.29. The quantitative estimate of drug-likeness (QED) is 0.338. The molecule has 9 N–H and O–H groups in total. The Morgan fingerprint density at radius 3 is 2.08 bits per heavy atom. The largest absolute Gasteiger partial charge is 0.480 e. The number of unbranched alkanes of at least 4 members (excludes halogenated alkanes) is 1. The molecule has 0 saturated carbocycles. The molecule has 0 saturated heterocycles. The molecule has 0 aromatic heterocycles. The number of hydrogen-bond donors (Lipinski definition) is 3. The fourth-order valence-electron chi connectivity index (χ4n) is 0.632. The summed E-state index contributed by atoms with van der Waals surface area (Å²) in [7, 11) is 0. The predicted octanol–water partition coefficient (Wildman–Crippen LogP) is -2.50. The van der Waals surface area contributed by atoms with Crippen LogP contribution in [0.2, 0.25) is 0 Å². The van der Waals surface area contributed by atoms with Crippen LogP contribution in [0.1, 0.15) is 19.3 Å². The van der Waals surface area contributed by atoms with Gasteiger partial charge in [-0.05, 0) is 19.4 Å². The van der Waals surface area contributed by atoms with Crippen molar-refractivity contribution >= 4 is 23.3 Å². The first-order valence-corrected chi connectivity index (χ1v) is 3.37. The zero-order valence-corrected chi connectivity index (χ0v) is 8.65. The van der Waals surface area contributed by atoms with Gasteiger partial charge in [0.05, 0.1) is 0 Å². The molecule has 13 heavy (non-hydrogen) atoms. The van der Waals surface area contributed by atoms with Gasteiger partial charge in [-0.15, -0.1) is 0 Å². The third kappa shape index (κ3) is 14.7. The Morgan fingerprint density at radius 1 is 1.31 bits per heavy atom. The fraction of sp³-hybridized carbons (Fsp3) is 0.833. The van der Waals surface area contributed by atoms with Crippen LogP contribution >= 0.6 is 0 Å². The van der Waals surface area contributed by atoms with Crippen LogP contribution in [0, 0.1) is 0 Å². The van der Waals surface area contributed by atoms with Crippen LogP contribution in [0.4, 0.5) is 0 Å². The van der Waals surface area contributed by atoms with Gasteiger partial charge in [-0.2, -0.15) is 0 Å². The smallest absolute Gasteiger partial charge is 0.320 e. The topological polar surface area (TPSA) is 152 Å². The summed E-state index contributed by atoms with van der Waals surface area (Å²) in [5, 5.41) is 8.33. The lowest BCUT2D eigenvalue weighted by atomic mass is 10.1. The van der Waals surface area contributed by atoms with Crippen LogP contribution in [0.25, 0.3) is 0 Å². The summed E-state index contributed by atoms with van der Waals surface area (Å²) in [6, 6.07) is -0.716. The first-order valence-electron chi connectivity index (χ1n) is 3.37. The molecule has 7 heteroatoms. The summed E-state index contributed by atoms with van der Waals surface area (Å²) < 4.78 is 0. The van der Waals surface area contributed by atoms with Gasteiger partial charge in [0.25, 0.3) is 0 Å². The molecule has 3 radical (unpaired) electrons. The lowest BCUT2D eigenvalue weighted by molar-refractivity contribution is -0.138. The highest BCUT2D eigenvalue weighted by atomic mass is 27.0. The molecule has 0 amide bonds. The lowest BCUT2D eigenvalue weighted by Crippen LogP contribution is -2.29. The van der Waals surface area contributed by atoms with E-state index in [0.717, 1.165) is 12.8 Å². The van der Waals surface area contributed by atoms with Crippen LogP contribution in [0.3, 0.4) is 0 Å². The molecule has 0 fully saturated rings. The number of aliphatic carboxylic acids is 1. The van der Waals surface area contributed by atoms with E-state index in [-0.39, 0.29) is 28.3 Å². The Balaban J connectivity index is -0.000000135. The predicted molar refractivity (Wildman–Crippen MR) is 51.5 cm³/mol. The van der Waals surface area contributed by atoms with E-state index in [1.165, 1.54) is 0 Å². The molecule has 1 atom stereocenters. The number of carboxylic acids is 1. The zero-order valence-electron chi connectivity index (χ0n) is 7.49. The second kappa shape index (κ2) is 14.4. The second-order valence-electron chi connectivity index (χ2n) is 2.23. The Kier molecular flexibility index (Phi) is 25.5. The minimum atomic E-state index is -0.933. The van der Waals surface area contributed by atoms with Gasteiger partial charge in [0.1, 0.15) is 6.04 Å². The number of nitrogens with two attached hydrogens (primary N) is 2. The van der Waals surface area contributed by atoms with Gasteiger partial charge in [0.15, 0.2) is 0 Å². The lowest BCUT2D eigenvalue weighted by Gasteiger charge is -2.03. The highest BCUT2D eigenvalue weighted by molar-refractivity contribution is 5.75. The summed E-state index contributed by atoms with van der Waals surface area (Å²) in [5.74, 6) is -0.933. The van der Waals surface area contributed by atoms with E-state index in [1.54, 1.807) is 0 Å². The average Bonchev–Trinajstić information content (AvgIpc) is 1.88. The SMILES string of the molecule is NCCCC[C@H](N)C(=O)O.O.O.[Al]. The maximum absolute atomic E-state index is 10.1. The maximum Gasteiger partial charge on any atom is 0.320 e. The van der Waals surface area contributed by atoms with Gasteiger partial charge in [-0.3, -0.25) is 4.79 Å². The molecule has 0 aromatic rings. The Labute approximate surface area is 88.0 Å². The van der Waals surface area contributed by atoms with Gasteiger partial charge >= 0.3 is 5.97 Å². The van der Waals surface area contributed by atoms with Crippen molar-refractivity contribution in [3.63, 3.8) is 0 Å². The van der Waals surface area contributed by atoms with Crippen molar-refractivity contribution in [2.75, 3.05) is 6.54 Å². The number of carbonyl (C=O) groups is 1. The van der Waals surface area contributed by atoms with Crippen molar-refractivity contribution in [3.05, 3.63) is 0 Å². The van der Waals surface area contributed by atoms with Crippen LogP contribution in [0.15, 0.2) is 0 Å². The third-order valence-electron chi connectivity index (χ3n) is 1.29. The molecule has 79 valence electrons. The van der Waals surface area contributed by atoms with Gasteiger partial charge in [0, 0.05) is 17.4 Å². The minimum absolute atomic E-state index is 0. The fourth-order valence-corrected chi connectivity index (χ4v) is 0.632. The summed E-state index contributed by atoms with van der Waals surface area (Å²) in [6.45, 7) is 0.604. The molecule has 6 nitrogen and oxygen atoms in total. The normalized spacial score (nSPS) is 10.0. The van der Waals surface area contributed by atoms with Gasteiger partial charge in [0.2, 0.25) is 0 Å². The molecule has 0 unspecified atom stereocenters. The second-order valence-corrected chi connectivity index (χ2v) is 2.23. The van der Waals surface area contributed by atoms with Crippen LogP contribution in [0.5, 0.6) is 0 Å². The molecule has 0 aromatic carbocycles. The van der Waals surface area contributed by atoms with E-state index in [1.807, 2.05) is 0 Å². The van der Waals surface area contributed by atoms with Crippen molar-refractivity contribution in [1.82, 2.24) is 0 Å². The molecule has 0 aliphatic carbocycles. The summed E-state index contributed by atoms with van der Waals surface area (Å²) in [5.41, 5.74) is 10.4. The molecule has 0 aliphatic rings. The van der Waals surface area contributed by atoms with Crippen LogP contribution in [-0.4, -0.2) is 52.0 Å². The minimum Gasteiger partial charge on any atom is -0.480 e. The van der Waals surface area contributed by atoms with E-state index in [2.05, 4.69) is 0 Å². The van der Waals surface area contributed by atoms with E-state index < -0.39 is 12.0 Å². The van der Waals surface area contributed by atoms with E-state index >= 15 is 0 Å². The van der Waals surface area contributed by atoms with Gasteiger partial charge in [-0.1, -0.05) is 6.42 Å². The van der Waals surface area contributed by atoms with Crippen molar-refractivity contribution in [3.8, 4) is 0 Å². The Morgan fingerprint density at radius 2 is 1.77 bits per heavy atom. The molecular formula is C6H18AlN2O4. The van der Waals surface area contributed by atoms with E-state index in [9.17, 15) is 4.79 Å². The van der Waals surface area contributed by atoms with Gasteiger partial charge in [-0.25, -0.2) is 0 Å². The maximum atomic E-state index is 10.1. The first-order chi connectivity index (χ1) is 4.68. The first kappa shape index (κ1) is 23.0. The molecular weight excluding hydrogens is 191 g/mol. The van der Waals surface area contributed by atoms with Crippen molar-refractivity contribution in [2.24, 2.45) is 11.5 Å². The van der Waals surface area contributed by atoms with E-state index in [4.69, 9.17) is 16.6 Å². The summed E-state index contributed by atoms with van der Waals surface area (Å²) >= 11 is 0. The van der Waals surface area contributed by atoms with Crippen molar-refractivity contribution < 1.29 is 20.9 Å². The molecule has 0 rings (SSSR count). The monoisotopic (exact) mass is 209 g/mol. The molecule has 0 bridgehead atoms. The van der Waals surface area contributed by atoms with Crippen LogP contribution < -0.4 is 11.5 Å². The highest BCUT2D eigenvalue weighted by Crippen LogP contribution is 1.96. The Hall–Kier alpha value is -0.158. The molecule has 0 spiro atoms. The average molecular weight is 209 g/mol. The zero-order chi connectivity index (χ0) is 7.98. The number of carboxylic acid groups (broad SMARTS) is 1. The van der Waals surface area contributed by atoms with Crippen molar-refractivity contribution in [2.45, 2.75) is 25.3 Å². The molecule has 0 heterocycles. The van der Waals surface area contributed by atoms with Crippen LogP contribution in [-0.2, 0) is 4.79 Å². The highest BCUT2D eigenvalue weighted by Gasteiger charge is 2.09. The standard InChI is InChI=1S/C6H14N2O2.Al.2H2O/c7-4-2-1-3-5(8)6(9)10;;;/h5H,1-4,7-8H2,(H,9,10);;2*1H2/t5-;;;/m0.../s1. The summed E-state index contributed by atoms with van der Waals surface area (Å²) in [4.78, 5) is 10.1. The summed E-state index contributed by atoms with van der Waals surface area (Å²) in [6.07, 6.45) is 2.16. The van der Waals surface area contributed by atoms with Crippen molar-refractivity contribution in [1.29, 1.82) is 0 Å². The number of rotatable bonds is 5. The van der Waals surface area contributed by atoms with Gasteiger partial charge < -0.3 is 27.5 Å². The Bertz CT molecular complexity index is 115. The molecule has 0 aliphatic heterocycles. The van der Waals surface area contributed by atoms with E-state index in [0.29, 0.717) is 13.0 Å².